The van der Waals surface area contributed by atoms with E-state index in [2.05, 4.69) is 26.9 Å². The fraction of sp³-hybridized carbons (Fsp3) is 0.343. The summed E-state index contributed by atoms with van der Waals surface area (Å²) in [5, 5.41) is 0. The summed E-state index contributed by atoms with van der Waals surface area (Å²) in [5.74, 6) is 0.724. The second-order valence-electron chi connectivity index (χ2n) is 11.8. The standard InChI is InChI=1S/C35H40N6O3/c1-2-31-32(36)30(33(37)38-34(42)25-13-9-17-29(20-25)44-28-15-7-4-8-16-28)23-41(31)35(43)40-22-26-14-10-18-39(26)21-27(40)19-24-11-5-3-6-12-24/h3-9,11-13,15-17,20,26-27,31H,2,10,14,18-19,21-23,36H2,1H3,(H2,37,38,42)/t26-,27-,31+/m0/s1. The summed E-state index contributed by atoms with van der Waals surface area (Å²) in [5.41, 5.74) is 15.6. The molecule has 3 aliphatic rings. The maximum Gasteiger partial charge on any atom is 0.321 e. The molecule has 0 saturated carbocycles. The van der Waals surface area contributed by atoms with Crippen molar-refractivity contribution in [3.8, 4) is 11.5 Å². The van der Waals surface area contributed by atoms with Gasteiger partial charge in [0.25, 0.3) is 5.91 Å². The van der Waals surface area contributed by atoms with Crippen LogP contribution in [0.3, 0.4) is 0 Å². The Morgan fingerprint density at radius 3 is 2.41 bits per heavy atom. The summed E-state index contributed by atoms with van der Waals surface area (Å²) in [6, 6.07) is 26.6. The predicted molar refractivity (Wildman–Crippen MR) is 172 cm³/mol. The van der Waals surface area contributed by atoms with E-state index >= 15 is 0 Å². The van der Waals surface area contributed by atoms with Crippen LogP contribution >= 0.6 is 0 Å². The number of fused-ring (bicyclic) bond motifs is 1. The van der Waals surface area contributed by atoms with E-state index in [1.807, 2.05) is 60.4 Å². The molecular formula is C35H40N6O3. The van der Waals surface area contributed by atoms with Crippen LogP contribution in [0.5, 0.6) is 11.5 Å². The van der Waals surface area contributed by atoms with Gasteiger partial charge in [0.1, 0.15) is 17.3 Å². The largest absolute Gasteiger partial charge is 0.457 e. The van der Waals surface area contributed by atoms with Gasteiger partial charge < -0.3 is 26.0 Å². The van der Waals surface area contributed by atoms with E-state index in [-0.39, 0.29) is 30.5 Å². The van der Waals surface area contributed by atoms with E-state index in [1.54, 1.807) is 24.3 Å². The number of carbonyl (C=O) groups excluding carboxylic acids is 2. The van der Waals surface area contributed by atoms with Crippen LogP contribution in [0.2, 0.25) is 0 Å². The number of carbonyl (C=O) groups is 2. The zero-order valence-electron chi connectivity index (χ0n) is 25.1. The number of amidine groups is 1. The van der Waals surface area contributed by atoms with Crippen LogP contribution in [0.4, 0.5) is 4.79 Å². The minimum atomic E-state index is -0.501. The summed E-state index contributed by atoms with van der Waals surface area (Å²) in [4.78, 5) is 38.1. The Hall–Kier alpha value is -4.63. The van der Waals surface area contributed by atoms with E-state index < -0.39 is 5.91 Å². The van der Waals surface area contributed by atoms with E-state index in [9.17, 15) is 9.59 Å². The lowest BCUT2D eigenvalue weighted by Crippen LogP contribution is -2.61. The minimum Gasteiger partial charge on any atom is -0.457 e. The van der Waals surface area contributed by atoms with Gasteiger partial charge in [-0.25, -0.2) is 4.79 Å². The molecule has 6 rings (SSSR count). The first kappa shape index (κ1) is 29.4. The number of piperazine rings is 1. The predicted octanol–water partition coefficient (Wildman–Crippen LogP) is 4.79. The Kier molecular flexibility index (Phi) is 8.65. The molecule has 0 aromatic heterocycles. The second-order valence-corrected chi connectivity index (χ2v) is 11.8. The number of hydrogen-bond donors (Lipinski definition) is 2. The number of ether oxygens (including phenoxy) is 1. The third-order valence-corrected chi connectivity index (χ3v) is 8.99. The maximum absolute atomic E-state index is 14.3. The van der Waals surface area contributed by atoms with Gasteiger partial charge in [-0.3, -0.25) is 9.69 Å². The molecule has 0 spiro atoms. The van der Waals surface area contributed by atoms with Crippen molar-refractivity contribution in [1.82, 2.24) is 14.7 Å². The fourth-order valence-electron chi connectivity index (χ4n) is 6.72. The van der Waals surface area contributed by atoms with Gasteiger partial charge in [0.15, 0.2) is 0 Å². The quantitative estimate of drug-likeness (QED) is 0.301. The molecule has 3 aromatic rings. The molecule has 3 aliphatic heterocycles. The number of urea groups is 1. The van der Waals surface area contributed by atoms with Crippen LogP contribution < -0.4 is 16.2 Å². The molecule has 2 fully saturated rings. The number of amides is 3. The number of nitrogens with two attached hydrogens (primary N) is 2. The van der Waals surface area contributed by atoms with Crippen LogP contribution in [0.1, 0.15) is 42.1 Å². The molecule has 2 saturated heterocycles. The molecule has 3 atom stereocenters. The van der Waals surface area contributed by atoms with Crippen molar-refractivity contribution in [2.45, 2.75) is 50.7 Å². The third-order valence-electron chi connectivity index (χ3n) is 8.99. The number of rotatable bonds is 7. The van der Waals surface area contributed by atoms with Crippen molar-refractivity contribution < 1.29 is 14.3 Å². The van der Waals surface area contributed by atoms with E-state index in [1.165, 1.54) is 5.56 Å². The van der Waals surface area contributed by atoms with Gasteiger partial charge in [0.05, 0.1) is 18.6 Å². The molecule has 3 aromatic carbocycles. The molecule has 0 radical (unpaired) electrons. The first-order valence-electron chi connectivity index (χ1n) is 15.5. The van der Waals surface area contributed by atoms with Crippen LogP contribution in [0.15, 0.2) is 101 Å². The van der Waals surface area contributed by atoms with E-state index in [0.717, 1.165) is 32.4 Å². The zero-order valence-corrected chi connectivity index (χ0v) is 25.1. The lowest BCUT2D eigenvalue weighted by Gasteiger charge is -2.45. The molecular weight excluding hydrogens is 552 g/mol. The number of aliphatic imine (C=N–C) groups is 1. The van der Waals surface area contributed by atoms with Gasteiger partial charge >= 0.3 is 6.03 Å². The summed E-state index contributed by atoms with van der Waals surface area (Å²) in [6.07, 6.45) is 3.69. The first-order chi connectivity index (χ1) is 21.4. The molecule has 3 amide bonds. The normalized spacial score (nSPS) is 22.3. The van der Waals surface area contributed by atoms with Crippen molar-refractivity contribution >= 4 is 17.8 Å². The number of hydrogen-bond acceptors (Lipinski definition) is 5. The topological polar surface area (TPSA) is 117 Å². The highest BCUT2D eigenvalue weighted by Gasteiger charge is 2.43. The molecule has 9 heteroatoms. The van der Waals surface area contributed by atoms with Gasteiger partial charge in [-0.05, 0) is 68.1 Å². The van der Waals surface area contributed by atoms with Crippen molar-refractivity contribution in [2.24, 2.45) is 16.5 Å². The minimum absolute atomic E-state index is 0.0350. The highest BCUT2D eigenvalue weighted by molar-refractivity contribution is 6.09. The number of para-hydroxylation sites is 1. The second kappa shape index (κ2) is 12.9. The van der Waals surface area contributed by atoms with Crippen LogP contribution in [-0.2, 0) is 6.42 Å². The van der Waals surface area contributed by atoms with Crippen molar-refractivity contribution in [3.05, 3.63) is 107 Å². The van der Waals surface area contributed by atoms with Gasteiger partial charge in [-0.2, -0.15) is 4.99 Å². The van der Waals surface area contributed by atoms with Gasteiger partial charge in [0.2, 0.25) is 0 Å². The molecule has 0 aliphatic carbocycles. The molecule has 0 bridgehead atoms. The Labute approximate surface area is 258 Å². The van der Waals surface area contributed by atoms with Crippen LogP contribution in [0.25, 0.3) is 0 Å². The SMILES string of the molecule is CC[C@@H]1C(N)=C(C(N)=NC(=O)c2cccc(Oc3ccccc3)c2)CN1C(=O)N1C[C@@H]2CCCN2C[C@@H]1Cc1ccccc1. The first-order valence-corrected chi connectivity index (χ1v) is 15.5. The Morgan fingerprint density at radius 1 is 0.932 bits per heavy atom. The Morgan fingerprint density at radius 2 is 1.66 bits per heavy atom. The van der Waals surface area contributed by atoms with Crippen LogP contribution in [-0.4, -0.2) is 76.8 Å². The summed E-state index contributed by atoms with van der Waals surface area (Å²) in [6.45, 7) is 4.86. The van der Waals surface area contributed by atoms with Gasteiger partial charge in [-0.1, -0.05) is 61.5 Å². The molecule has 228 valence electrons. The van der Waals surface area contributed by atoms with Gasteiger partial charge in [-0.15, -0.1) is 0 Å². The average molecular weight is 593 g/mol. The summed E-state index contributed by atoms with van der Waals surface area (Å²) >= 11 is 0. The highest BCUT2D eigenvalue weighted by atomic mass is 16.5. The summed E-state index contributed by atoms with van der Waals surface area (Å²) in [7, 11) is 0. The Balaban J connectivity index is 1.19. The highest BCUT2D eigenvalue weighted by Crippen LogP contribution is 2.31. The molecule has 9 nitrogen and oxygen atoms in total. The molecule has 0 unspecified atom stereocenters. The number of nitrogens with zero attached hydrogens (tertiary/aromatic N) is 4. The molecule has 4 N–H and O–H groups in total. The van der Waals surface area contributed by atoms with Crippen molar-refractivity contribution in [2.75, 3.05) is 26.2 Å². The van der Waals surface area contributed by atoms with E-state index in [4.69, 9.17) is 16.2 Å². The van der Waals surface area contributed by atoms with Crippen molar-refractivity contribution in [3.63, 3.8) is 0 Å². The number of benzene rings is 3. The van der Waals surface area contributed by atoms with Crippen LogP contribution in [0, 0.1) is 0 Å². The van der Waals surface area contributed by atoms with E-state index in [0.29, 0.717) is 47.3 Å². The summed E-state index contributed by atoms with van der Waals surface area (Å²) < 4.78 is 5.88. The van der Waals surface area contributed by atoms with Gasteiger partial charge in [0, 0.05) is 36.0 Å². The van der Waals surface area contributed by atoms with Crippen molar-refractivity contribution in [1.29, 1.82) is 0 Å². The lowest BCUT2D eigenvalue weighted by molar-refractivity contribution is 0.0551. The Bertz CT molecular complexity index is 1560. The third kappa shape index (κ3) is 6.19. The molecule has 44 heavy (non-hydrogen) atoms. The lowest BCUT2D eigenvalue weighted by atomic mass is 10.00. The fourth-order valence-corrected chi connectivity index (χ4v) is 6.72. The maximum atomic E-state index is 14.3. The average Bonchev–Trinajstić information content (AvgIpc) is 3.64. The zero-order chi connectivity index (χ0) is 30.6. The smallest absolute Gasteiger partial charge is 0.321 e. The monoisotopic (exact) mass is 592 g/mol. The molecule has 3 heterocycles.